The highest BCUT2D eigenvalue weighted by Crippen LogP contribution is 2.24. The van der Waals surface area contributed by atoms with Gasteiger partial charge in [0.15, 0.2) is 0 Å². The fourth-order valence-electron chi connectivity index (χ4n) is 1.23. The zero-order chi connectivity index (χ0) is 12.1. The van der Waals surface area contributed by atoms with Gasteiger partial charge in [-0.15, -0.1) is 0 Å². The monoisotopic (exact) mass is 346 g/mol. The van der Waals surface area contributed by atoms with Gasteiger partial charge in [-0.25, -0.2) is 4.79 Å². The predicted molar refractivity (Wildman–Crippen MR) is 72.1 cm³/mol. The van der Waals surface area contributed by atoms with Gasteiger partial charge in [0, 0.05) is 15.0 Å². The number of esters is 1. The molecule has 2 nitrogen and oxygen atoms in total. The molecule has 0 saturated carbocycles. The van der Waals surface area contributed by atoms with Gasteiger partial charge in [-0.05, 0) is 43.2 Å². The Morgan fingerprint density at radius 2 is 1.88 bits per heavy atom. The van der Waals surface area contributed by atoms with Gasteiger partial charge in [-0.1, -0.05) is 31.9 Å². The van der Waals surface area contributed by atoms with E-state index < -0.39 is 0 Å². The van der Waals surface area contributed by atoms with E-state index >= 15 is 0 Å². The van der Waals surface area contributed by atoms with Gasteiger partial charge in [0.25, 0.3) is 0 Å². The summed E-state index contributed by atoms with van der Waals surface area (Å²) in [5.41, 5.74) is 1.86. The normalized spacial score (nSPS) is 11.4. The average Bonchev–Trinajstić information content (AvgIpc) is 2.16. The minimum atomic E-state index is -0.309. The fraction of sp³-hybridized carbons (Fsp3) is 0.250. The first-order chi connectivity index (χ1) is 7.52. The highest BCUT2D eigenvalue weighted by molar-refractivity contribution is 9.11. The standard InChI is InChI=1S/C12H12Br2O2/c1-3-16-12(15)4-8(2)9-5-10(13)7-11(14)6-9/h4-7H,3H2,1-2H3. The Morgan fingerprint density at radius 3 is 2.38 bits per heavy atom. The summed E-state index contributed by atoms with van der Waals surface area (Å²) in [6.45, 7) is 4.06. The molecule has 1 aromatic rings. The first-order valence-electron chi connectivity index (χ1n) is 4.84. The van der Waals surface area contributed by atoms with Crippen molar-refractivity contribution in [1.82, 2.24) is 0 Å². The number of allylic oxidation sites excluding steroid dienone is 1. The molecule has 0 aliphatic carbocycles. The molecule has 1 rings (SSSR count). The molecular formula is C12H12Br2O2. The fourth-order valence-corrected chi connectivity index (χ4v) is 2.52. The maximum absolute atomic E-state index is 11.3. The molecule has 0 N–H and O–H groups in total. The molecule has 0 aliphatic heterocycles. The number of carbonyl (C=O) groups excluding carboxylic acids is 1. The van der Waals surface area contributed by atoms with Crippen molar-refractivity contribution in [3.05, 3.63) is 38.8 Å². The van der Waals surface area contributed by atoms with Gasteiger partial charge in [0.05, 0.1) is 6.61 Å². The van der Waals surface area contributed by atoms with E-state index in [1.807, 2.05) is 25.1 Å². The average molecular weight is 348 g/mol. The van der Waals surface area contributed by atoms with Crippen LogP contribution in [-0.2, 0) is 9.53 Å². The topological polar surface area (TPSA) is 26.3 Å². The lowest BCUT2D eigenvalue weighted by molar-refractivity contribution is -0.137. The van der Waals surface area contributed by atoms with E-state index in [4.69, 9.17) is 4.74 Å². The minimum absolute atomic E-state index is 0.309. The molecule has 0 aromatic heterocycles. The Kier molecular flexibility index (Phi) is 5.22. The molecule has 0 spiro atoms. The molecule has 0 radical (unpaired) electrons. The molecule has 1 aromatic carbocycles. The van der Waals surface area contributed by atoms with E-state index in [0.717, 1.165) is 20.1 Å². The van der Waals surface area contributed by atoms with Crippen molar-refractivity contribution in [3.63, 3.8) is 0 Å². The molecule has 0 unspecified atom stereocenters. The van der Waals surface area contributed by atoms with Crippen molar-refractivity contribution < 1.29 is 9.53 Å². The molecule has 0 saturated heterocycles. The number of rotatable bonds is 3. The molecule has 0 heterocycles. The van der Waals surface area contributed by atoms with E-state index in [1.165, 1.54) is 6.08 Å². The molecule has 0 fully saturated rings. The number of carbonyl (C=O) groups is 1. The van der Waals surface area contributed by atoms with Gasteiger partial charge in [0.1, 0.15) is 0 Å². The highest BCUT2D eigenvalue weighted by atomic mass is 79.9. The minimum Gasteiger partial charge on any atom is -0.463 e. The zero-order valence-electron chi connectivity index (χ0n) is 9.09. The third-order valence-electron chi connectivity index (χ3n) is 1.94. The molecule has 0 bridgehead atoms. The third kappa shape index (κ3) is 4.10. The van der Waals surface area contributed by atoms with E-state index in [1.54, 1.807) is 6.92 Å². The second-order valence-corrected chi connectivity index (χ2v) is 5.07. The van der Waals surface area contributed by atoms with Crippen molar-refractivity contribution in [2.75, 3.05) is 6.61 Å². The largest absolute Gasteiger partial charge is 0.463 e. The van der Waals surface area contributed by atoms with Crippen LogP contribution in [0, 0.1) is 0 Å². The summed E-state index contributed by atoms with van der Waals surface area (Å²) in [7, 11) is 0. The Labute approximate surface area is 112 Å². The summed E-state index contributed by atoms with van der Waals surface area (Å²) in [6.07, 6.45) is 1.50. The van der Waals surface area contributed by atoms with E-state index in [-0.39, 0.29) is 5.97 Å². The van der Waals surface area contributed by atoms with Crippen LogP contribution in [0.25, 0.3) is 5.57 Å². The lowest BCUT2D eigenvalue weighted by Crippen LogP contribution is -2.00. The van der Waals surface area contributed by atoms with Gasteiger partial charge < -0.3 is 4.74 Å². The van der Waals surface area contributed by atoms with Crippen molar-refractivity contribution in [2.45, 2.75) is 13.8 Å². The molecule has 4 heteroatoms. The molecular weight excluding hydrogens is 336 g/mol. The SMILES string of the molecule is CCOC(=O)C=C(C)c1cc(Br)cc(Br)c1. The van der Waals surface area contributed by atoms with Crippen LogP contribution < -0.4 is 0 Å². The van der Waals surface area contributed by atoms with Crippen LogP contribution in [-0.4, -0.2) is 12.6 Å². The van der Waals surface area contributed by atoms with Crippen molar-refractivity contribution >= 4 is 43.4 Å². The Balaban J connectivity index is 2.95. The highest BCUT2D eigenvalue weighted by Gasteiger charge is 2.03. The van der Waals surface area contributed by atoms with E-state index in [0.29, 0.717) is 6.61 Å². The number of hydrogen-bond donors (Lipinski definition) is 0. The van der Waals surface area contributed by atoms with Gasteiger partial charge in [-0.3, -0.25) is 0 Å². The summed E-state index contributed by atoms with van der Waals surface area (Å²) in [4.78, 5) is 11.3. The molecule has 86 valence electrons. The van der Waals surface area contributed by atoms with E-state index in [9.17, 15) is 4.79 Å². The predicted octanol–water partition coefficient (Wildman–Crippen LogP) is 4.18. The van der Waals surface area contributed by atoms with Gasteiger partial charge >= 0.3 is 5.97 Å². The number of ether oxygens (including phenoxy) is 1. The van der Waals surface area contributed by atoms with Gasteiger partial charge in [-0.2, -0.15) is 0 Å². The summed E-state index contributed by atoms with van der Waals surface area (Å²) in [5, 5.41) is 0. The third-order valence-corrected chi connectivity index (χ3v) is 2.85. The first kappa shape index (κ1) is 13.5. The molecule has 16 heavy (non-hydrogen) atoms. The smallest absolute Gasteiger partial charge is 0.331 e. The summed E-state index contributed by atoms with van der Waals surface area (Å²) < 4.78 is 6.79. The van der Waals surface area contributed by atoms with Crippen LogP contribution in [0.2, 0.25) is 0 Å². The second-order valence-electron chi connectivity index (χ2n) is 3.24. The number of benzene rings is 1. The molecule has 0 amide bonds. The van der Waals surface area contributed by atoms with Crippen molar-refractivity contribution in [2.24, 2.45) is 0 Å². The van der Waals surface area contributed by atoms with Crippen LogP contribution >= 0.6 is 31.9 Å². The van der Waals surface area contributed by atoms with Crippen LogP contribution in [0.15, 0.2) is 33.2 Å². The van der Waals surface area contributed by atoms with Crippen LogP contribution in [0.3, 0.4) is 0 Å². The van der Waals surface area contributed by atoms with Crippen molar-refractivity contribution in [1.29, 1.82) is 0 Å². The quantitative estimate of drug-likeness (QED) is 0.605. The Morgan fingerprint density at radius 1 is 1.31 bits per heavy atom. The number of hydrogen-bond acceptors (Lipinski definition) is 2. The lowest BCUT2D eigenvalue weighted by atomic mass is 10.1. The summed E-state index contributed by atoms with van der Waals surface area (Å²) in [5.74, 6) is -0.309. The van der Waals surface area contributed by atoms with Crippen LogP contribution in [0.4, 0.5) is 0 Å². The van der Waals surface area contributed by atoms with E-state index in [2.05, 4.69) is 31.9 Å². The second kappa shape index (κ2) is 6.21. The summed E-state index contributed by atoms with van der Waals surface area (Å²) >= 11 is 6.81. The van der Waals surface area contributed by atoms with Crippen molar-refractivity contribution in [3.8, 4) is 0 Å². The Hall–Kier alpha value is -0.610. The van der Waals surface area contributed by atoms with Gasteiger partial charge in [0.2, 0.25) is 0 Å². The number of halogens is 2. The van der Waals surface area contributed by atoms with Crippen LogP contribution in [0.5, 0.6) is 0 Å². The maximum atomic E-state index is 11.3. The molecule has 0 atom stereocenters. The maximum Gasteiger partial charge on any atom is 0.331 e. The van der Waals surface area contributed by atoms with Crippen LogP contribution in [0.1, 0.15) is 19.4 Å². The molecule has 0 aliphatic rings. The first-order valence-corrected chi connectivity index (χ1v) is 6.43. The Bertz CT molecular complexity index is 405. The lowest BCUT2D eigenvalue weighted by Gasteiger charge is -2.04. The summed E-state index contributed by atoms with van der Waals surface area (Å²) in [6, 6.07) is 5.85. The zero-order valence-corrected chi connectivity index (χ0v) is 12.3.